The van der Waals surface area contributed by atoms with E-state index in [2.05, 4.69) is 10.3 Å². The third-order valence-corrected chi connectivity index (χ3v) is 4.69. The van der Waals surface area contributed by atoms with E-state index in [1.54, 1.807) is 12.3 Å². The third kappa shape index (κ3) is 3.61. The lowest BCUT2D eigenvalue weighted by Crippen LogP contribution is -2.39. The van der Waals surface area contributed by atoms with Crippen LogP contribution in [0.3, 0.4) is 0 Å². The minimum atomic E-state index is -0.536. The minimum absolute atomic E-state index is 0.0274. The van der Waals surface area contributed by atoms with Crippen molar-refractivity contribution in [3.8, 4) is 28.5 Å². The summed E-state index contributed by atoms with van der Waals surface area (Å²) < 4.78 is 25.2. The predicted octanol–water partition coefficient (Wildman–Crippen LogP) is 3.55. The van der Waals surface area contributed by atoms with Gasteiger partial charge in [-0.1, -0.05) is 24.3 Å². The highest BCUT2D eigenvalue weighted by Crippen LogP contribution is 2.35. The maximum atomic E-state index is 14.2. The smallest absolute Gasteiger partial charge is 0.181 e. The fourth-order valence-electron chi connectivity index (χ4n) is 3.42. The highest BCUT2D eigenvalue weighted by atomic mass is 19.1. The van der Waals surface area contributed by atoms with Crippen LogP contribution in [0.2, 0.25) is 0 Å². The number of oxazole rings is 1. The average Bonchev–Trinajstić information content (AvgIpc) is 3.23. The number of halogens is 1. The molecule has 0 aliphatic carbocycles. The van der Waals surface area contributed by atoms with Crippen LogP contribution < -0.4 is 5.32 Å². The lowest BCUT2D eigenvalue weighted by atomic mass is 9.90. The number of aromatic nitrogens is 1. The van der Waals surface area contributed by atoms with Crippen LogP contribution in [0.4, 0.5) is 4.39 Å². The highest BCUT2D eigenvalue weighted by Gasteiger charge is 2.20. The van der Waals surface area contributed by atoms with Crippen LogP contribution in [0.1, 0.15) is 11.1 Å². The van der Waals surface area contributed by atoms with Crippen LogP contribution in [0, 0.1) is 17.1 Å². The lowest BCUT2D eigenvalue weighted by Gasteiger charge is -2.25. The van der Waals surface area contributed by atoms with Gasteiger partial charge in [-0.25, -0.2) is 9.37 Å². The second-order valence-electron chi connectivity index (χ2n) is 6.42. The zero-order valence-corrected chi connectivity index (χ0v) is 14.6. The fraction of sp³-hybridized carbons (Fsp3) is 0.238. The normalized spacial score (nSPS) is 16.8. The Morgan fingerprint density at radius 1 is 1.30 bits per heavy atom. The number of rotatable bonds is 4. The van der Waals surface area contributed by atoms with E-state index in [1.807, 2.05) is 24.3 Å². The fourth-order valence-corrected chi connectivity index (χ4v) is 3.42. The van der Waals surface area contributed by atoms with E-state index in [0.717, 1.165) is 29.8 Å². The van der Waals surface area contributed by atoms with E-state index in [9.17, 15) is 4.39 Å². The number of morpholine rings is 1. The molecule has 1 N–H and O–H groups in total. The van der Waals surface area contributed by atoms with Gasteiger partial charge in [0.1, 0.15) is 23.8 Å². The minimum Gasteiger partial charge on any atom is -0.451 e. The van der Waals surface area contributed by atoms with Crippen molar-refractivity contribution >= 4 is 0 Å². The van der Waals surface area contributed by atoms with Gasteiger partial charge in [0.2, 0.25) is 0 Å². The Kier molecular flexibility index (Phi) is 4.97. The number of nitrogens with zero attached hydrogens (tertiary/aromatic N) is 2. The molecule has 0 radical (unpaired) electrons. The van der Waals surface area contributed by atoms with Gasteiger partial charge in [0.15, 0.2) is 6.39 Å². The molecule has 27 heavy (non-hydrogen) atoms. The van der Waals surface area contributed by atoms with Crippen molar-refractivity contribution in [3.05, 3.63) is 66.0 Å². The second-order valence-corrected chi connectivity index (χ2v) is 6.42. The molecule has 136 valence electrons. The van der Waals surface area contributed by atoms with Gasteiger partial charge in [-0.05, 0) is 28.8 Å². The molecule has 1 atom stereocenters. The molecular weight excluding hydrogens is 345 g/mol. The number of ether oxygens (including phenoxy) is 1. The monoisotopic (exact) mass is 363 g/mol. The first-order valence-corrected chi connectivity index (χ1v) is 8.79. The molecule has 0 spiro atoms. The summed E-state index contributed by atoms with van der Waals surface area (Å²) in [5.41, 5.74) is 4.20. The van der Waals surface area contributed by atoms with Crippen molar-refractivity contribution in [3.63, 3.8) is 0 Å². The van der Waals surface area contributed by atoms with Crippen molar-refractivity contribution < 1.29 is 13.5 Å². The number of hydrogen-bond donors (Lipinski definition) is 1. The van der Waals surface area contributed by atoms with E-state index in [1.165, 1.54) is 18.5 Å². The van der Waals surface area contributed by atoms with E-state index < -0.39 is 5.82 Å². The Morgan fingerprint density at radius 3 is 2.93 bits per heavy atom. The first-order chi connectivity index (χ1) is 13.3. The van der Waals surface area contributed by atoms with E-state index in [0.29, 0.717) is 24.3 Å². The van der Waals surface area contributed by atoms with E-state index in [-0.39, 0.29) is 11.7 Å². The summed E-state index contributed by atoms with van der Waals surface area (Å²) in [6.07, 6.45) is 3.75. The zero-order chi connectivity index (χ0) is 18.6. The predicted molar refractivity (Wildman–Crippen MR) is 98.4 cm³/mol. The maximum absolute atomic E-state index is 14.2. The summed E-state index contributed by atoms with van der Waals surface area (Å²) >= 11 is 0. The van der Waals surface area contributed by atoms with E-state index in [4.69, 9.17) is 14.4 Å². The Morgan fingerprint density at radius 2 is 2.22 bits per heavy atom. The van der Waals surface area contributed by atoms with Gasteiger partial charge >= 0.3 is 0 Å². The molecule has 2 aromatic carbocycles. The first kappa shape index (κ1) is 17.4. The maximum Gasteiger partial charge on any atom is 0.181 e. The summed E-state index contributed by atoms with van der Waals surface area (Å²) in [5, 5.41) is 12.3. The topological polar surface area (TPSA) is 71.1 Å². The molecule has 1 saturated heterocycles. The summed E-state index contributed by atoms with van der Waals surface area (Å²) in [7, 11) is 0. The van der Waals surface area contributed by atoms with Crippen LogP contribution >= 0.6 is 0 Å². The standard InChI is InChI=1S/C21H18FN3O2/c22-19-9-14(4-5-16(19)10-23)18-3-1-2-15(8-17-11-24-6-7-27-17)21(18)20-12-26-13-25-20/h1-5,9,12-13,17,24H,6-8,11H2. The molecule has 1 unspecified atom stereocenters. The van der Waals surface area contributed by atoms with Crippen molar-refractivity contribution in [2.45, 2.75) is 12.5 Å². The first-order valence-electron chi connectivity index (χ1n) is 8.79. The molecule has 6 heteroatoms. The number of nitriles is 1. The largest absolute Gasteiger partial charge is 0.451 e. The molecular formula is C21H18FN3O2. The molecule has 1 aliphatic rings. The van der Waals surface area contributed by atoms with Gasteiger partial charge in [0, 0.05) is 25.1 Å². The molecule has 4 rings (SSSR count). The van der Waals surface area contributed by atoms with Crippen molar-refractivity contribution in [2.24, 2.45) is 0 Å². The Hall–Kier alpha value is -3.01. The molecule has 0 amide bonds. The number of nitrogens with one attached hydrogen (secondary N) is 1. The molecule has 0 bridgehead atoms. The van der Waals surface area contributed by atoms with Gasteiger partial charge in [0.25, 0.3) is 0 Å². The van der Waals surface area contributed by atoms with Crippen molar-refractivity contribution in [1.82, 2.24) is 10.3 Å². The summed E-state index contributed by atoms with van der Waals surface area (Å²) in [6.45, 7) is 2.33. The summed E-state index contributed by atoms with van der Waals surface area (Å²) in [5.74, 6) is -0.536. The average molecular weight is 363 g/mol. The van der Waals surface area contributed by atoms with Crippen LogP contribution in [-0.2, 0) is 11.2 Å². The van der Waals surface area contributed by atoms with Gasteiger partial charge < -0.3 is 14.5 Å². The van der Waals surface area contributed by atoms with E-state index >= 15 is 0 Å². The number of hydrogen-bond acceptors (Lipinski definition) is 5. The zero-order valence-electron chi connectivity index (χ0n) is 14.6. The quantitative estimate of drug-likeness (QED) is 0.768. The lowest BCUT2D eigenvalue weighted by molar-refractivity contribution is 0.0293. The second kappa shape index (κ2) is 7.70. The van der Waals surface area contributed by atoms with Crippen LogP contribution in [0.15, 0.2) is 53.5 Å². The van der Waals surface area contributed by atoms with Gasteiger partial charge in [-0.2, -0.15) is 5.26 Å². The molecule has 1 fully saturated rings. The molecule has 5 nitrogen and oxygen atoms in total. The van der Waals surface area contributed by atoms with Gasteiger partial charge in [0.05, 0.1) is 18.3 Å². The SMILES string of the molecule is N#Cc1ccc(-c2cccc(CC3CNCCO3)c2-c2cocn2)cc1F. The Labute approximate surface area is 156 Å². The summed E-state index contributed by atoms with van der Waals surface area (Å²) in [4.78, 5) is 4.31. The van der Waals surface area contributed by atoms with Crippen LogP contribution in [0.5, 0.6) is 0 Å². The highest BCUT2D eigenvalue weighted by molar-refractivity contribution is 5.84. The molecule has 1 aliphatic heterocycles. The number of benzene rings is 2. The van der Waals surface area contributed by atoms with Gasteiger partial charge in [-0.3, -0.25) is 0 Å². The molecule has 1 aromatic heterocycles. The molecule has 3 aromatic rings. The Bertz CT molecular complexity index is 974. The summed E-state index contributed by atoms with van der Waals surface area (Å²) in [6, 6.07) is 12.4. The van der Waals surface area contributed by atoms with Crippen molar-refractivity contribution in [2.75, 3.05) is 19.7 Å². The van der Waals surface area contributed by atoms with Crippen LogP contribution in [-0.4, -0.2) is 30.8 Å². The van der Waals surface area contributed by atoms with Crippen molar-refractivity contribution in [1.29, 1.82) is 5.26 Å². The molecule has 0 saturated carbocycles. The third-order valence-electron chi connectivity index (χ3n) is 4.69. The molecule has 2 heterocycles. The van der Waals surface area contributed by atoms with Gasteiger partial charge in [-0.15, -0.1) is 0 Å². The Balaban J connectivity index is 1.80. The van der Waals surface area contributed by atoms with Crippen LogP contribution in [0.25, 0.3) is 22.4 Å².